The summed E-state index contributed by atoms with van der Waals surface area (Å²) >= 11 is 0. The van der Waals surface area contributed by atoms with Gasteiger partial charge in [0.15, 0.2) is 0 Å². The zero-order valence-corrected chi connectivity index (χ0v) is 18.8. The van der Waals surface area contributed by atoms with Crippen molar-refractivity contribution in [2.75, 3.05) is 6.61 Å². The first-order valence-electron chi connectivity index (χ1n) is 11.1. The lowest BCUT2D eigenvalue weighted by atomic mass is 9.87. The van der Waals surface area contributed by atoms with Crippen molar-refractivity contribution in [2.24, 2.45) is 13.0 Å². The van der Waals surface area contributed by atoms with Crippen LogP contribution in [0, 0.1) is 12.8 Å². The minimum absolute atomic E-state index is 0.133. The van der Waals surface area contributed by atoms with E-state index in [2.05, 4.69) is 20.6 Å². The fourth-order valence-corrected chi connectivity index (χ4v) is 3.75. The Kier molecular flexibility index (Phi) is 8.02. The summed E-state index contributed by atoms with van der Waals surface area (Å²) in [5.74, 6) is -0.487. The molecule has 1 aliphatic carbocycles. The fourth-order valence-electron chi connectivity index (χ4n) is 3.75. The third kappa shape index (κ3) is 5.95. The van der Waals surface area contributed by atoms with E-state index in [9.17, 15) is 14.7 Å². The lowest BCUT2D eigenvalue weighted by molar-refractivity contribution is -0.143. The van der Waals surface area contributed by atoms with E-state index in [1.807, 2.05) is 19.9 Å². The summed E-state index contributed by atoms with van der Waals surface area (Å²) < 4.78 is 12.8. The van der Waals surface area contributed by atoms with Crippen molar-refractivity contribution in [2.45, 2.75) is 65.0 Å². The SMILES string of the molecule is CCCCOC(=O)NCc1c(-c2ccc(OC3CCC[C@H](C(=O)O)C3)c(C)n2)nnn1C. The number of aryl methyl sites for hydroxylation is 2. The molecule has 1 fully saturated rings. The van der Waals surface area contributed by atoms with E-state index in [1.165, 1.54) is 0 Å². The van der Waals surface area contributed by atoms with Crippen LogP contribution in [0.1, 0.15) is 56.8 Å². The molecule has 0 saturated heterocycles. The molecule has 10 nitrogen and oxygen atoms in total. The predicted octanol–water partition coefficient (Wildman–Crippen LogP) is 3.23. The lowest BCUT2D eigenvalue weighted by Crippen LogP contribution is -2.29. The summed E-state index contributed by atoms with van der Waals surface area (Å²) in [6.45, 7) is 4.47. The number of aromatic nitrogens is 4. The number of amides is 1. The smallest absolute Gasteiger partial charge is 0.407 e. The fraction of sp³-hybridized carbons (Fsp3) is 0.591. The van der Waals surface area contributed by atoms with Gasteiger partial charge in [-0.2, -0.15) is 0 Å². The van der Waals surface area contributed by atoms with Gasteiger partial charge >= 0.3 is 12.1 Å². The lowest BCUT2D eigenvalue weighted by Gasteiger charge is -2.27. The van der Waals surface area contributed by atoms with Crippen LogP contribution in [0.3, 0.4) is 0 Å². The molecule has 32 heavy (non-hydrogen) atoms. The maximum atomic E-state index is 11.9. The first-order chi connectivity index (χ1) is 15.4. The number of carbonyl (C=O) groups excluding carboxylic acids is 1. The third-order valence-corrected chi connectivity index (χ3v) is 5.62. The van der Waals surface area contributed by atoms with Gasteiger partial charge in [0.25, 0.3) is 0 Å². The van der Waals surface area contributed by atoms with Gasteiger partial charge in [0.2, 0.25) is 0 Å². The van der Waals surface area contributed by atoms with Crippen LogP contribution in [0.4, 0.5) is 4.79 Å². The Hall–Kier alpha value is -3.17. The van der Waals surface area contributed by atoms with Crippen LogP contribution in [-0.2, 0) is 23.1 Å². The van der Waals surface area contributed by atoms with Crippen LogP contribution in [0.2, 0.25) is 0 Å². The highest BCUT2D eigenvalue weighted by Crippen LogP contribution is 2.30. The summed E-state index contributed by atoms with van der Waals surface area (Å²) in [6, 6.07) is 3.62. The van der Waals surface area contributed by atoms with E-state index in [0.717, 1.165) is 25.7 Å². The van der Waals surface area contributed by atoms with Gasteiger partial charge in [0.05, 0.1) is 42.3 Å². The van der Waals surface area contributed by atoms with Crippen molar-refractivity contribution in [3.63, 3.8) is 0 Å². The van der Waals surface area contributed by atoms with E-state index in [-0.39, 0.29) is 18.6 Å². The number of rotatable bonds is 9. The van der Waals surface area contributed by atoms with Gasteiger partial charge in [-0.15, -0.1) is 5.10 Å². The van der Waals surface area contributed by atoms with Crippen molar-refractivity contribution in [3.8, 4) is 17.1 Å². The summed E-state index contributed by atoms with van der Waals surface area (Å²) in [7, 11) is 1.75. The summed E-state index contributed by atoms with van der Waals surface area (Å²) in [4.78, 5) is 27.8. The van der Waals surface area contributed by atoms with E-state index >= 15 is 0 Å². The van der Waals surface area contributed by atoms with E-state index in [4.69, 9.17) is 9.47 Å². The molecule has 10 heteroatoms. The normalized spacial score (nSPS) is 18.2. The Morgan fingerprint density at radius 3 is 2.84 bits per heavy atom. The summed E-state index contributed by atoms with van der Waals surface area (Å²) in [5.41, 5.74) is 2.57. The van der Waals surface area contributed by atoms with Gasteiger partial charge < -0.3 is 19.9 Å². The number of carbonyl (C=O) groups is 2. The zero-order chi connectivity index (χ0) is 23.1. The molecule has 1 saturated carbocycles. The Morgan fingerprint density at radius 1 is 1.31 bits per heavy atom. The number of carboxylic acid groups (broad SMARTS) is 1. The molecule has 2 atom stereocenters. The molecule has 1 unspecified atom stereocenters. The molecule has 0 radical (unpaired) electrons. The number of ether oxygens (including phenoxy) is 2. The van der Waals surface area contributed by atoms with E-state index in [0.29, 0.717) is 48.0 Å². The summed E-state index contributed by atoms with van der Waals surface area (Å²) in [5, 5.41) is 20.3. The Labute approximate surface area is 187 Å². The van der Waals surface area contributed by atoms with Gasteiger partial charge in [0.1, 0.15) is 11.4 Å². The molecule has 0 aromatic carbocycles. The Bertz CT molecular complexity index is 945. The molecule has 1 amide bonds. The number of hydrogen-bond donors (Lipinski definition) is 2. The number of unbranched alkanes of at least 4 members (excludes halogenated alkanes) is 1. The maximum absolute atomic E-state index is 11.9. The first-order valence-corrected chi connectivity index (χ1v) is 11.1. The van der Waals surface area contributed by atoms with Crippen LogP contribution in [0.25, 0.3) is 11.4 Å². The van der Waals surface area contributed by atoms with Crippen LogP contribution >= 0.6 is 0 Å². The van der Waals surface area contributed by atoms with Gasteiger partial charge in [-0.3, -0.25) is 4.79 Å². The molecular formula is C22H31N5O5. The highest BCUT2D eigenvalue weighted by Gasteiger charge is 2.28. The molecule has 0 spiro atoms. The minimum Gasteiger partial charge on any atom is -0.489 e. The van der Waals surface area contributed by atoms with Gasteiger partial charge in [-0.1, -0.05) is 18.6 Å². The second-order valence-corrected chi connectivity index (χ2v) is 8.07. The monoisotopic (exact) mass is 445 g/mol. The number of nitrogens with one attached hydrogen (secondary N) is 1. The van der Waals surface area contributed by atoms with Crippen molar-refractivity contribution < 1.29 is 24.2 Å². The van der Waals surface area contributed by atoms with Gasteiger partial charge in [-0.25, -0.2) is 14.5 Å². The molecule has 0 bridgehead atoms. The molecular weight excluding hydrogens is 414 g/mol. The zero-order valence-electron chi connectivity index (χ0n) is 18.8. The topological polar surface area (TPSA) is 128 Å². The highest BCUT2D eigenvalue weighted by molar-refractivity contribution is 5.70. The molecule has 2 aromatic heterocycles. The van der Waals surface area contributed by atoms with Crippen molar-refractivity contribution >= 4 is 12.1 Å². The Morgan fingerprint density at radius 2 is 2.12 bits per heavy atom. The molecule has 0 aliphatic heterocycles. The van der Waals surface area contributed by atoms with Gasteiger partial charge in [-0.05, 0) is 51.2 Å². The number of pyridine rings is 1. The molecule has 2 heterocycles. The average molecular weight is 446 g/mol. The summed E-state index contributed by atoms with van der Waals surface area (Å²) in [6.07, 6.45) is 4.03. The highest BCUT2D eigenvalue weighted by atomic mass is 16.5. The second-order valence-electron chi connectivity index (χ2n) is 8.07. The van der Waals surface area contributed by atoms with E-state index < -0.39 is 12.1 Å². The minimum atomic E-state index is -0.762. The molecule has 2 aromatic rings. The molecule has 1 aliphatic rings. The third-order valence-electron chi connectivity index (χ3n) is 5.62. The predicted molar refractivity (Wildman–Crippen MR) is 116 cm³/mol. The quantitative estimate of drug-likeness (QED) is 0.563. The van der Waals surface area contributed by atoms with E-state index in [1.54, 1.807) is 17.8 Å². The van der Waals surface area contributed by atoms with Gasteiger partial charge in [0, 0.05) is 7.05 Å². The van der Waals surface area contributed by atoms with Crippen molar-refractivity contribution in [1.29, 1.82) is 0 Å². The number of nitrogens with zero attached hydrogens (tertiary/aromatic N) is 4. The molecule has 3 rings (SSSR count). The molecule has 174 valence electrons. The van der Waals surface area contributed by atoms with Crippen LogP contribution in [-0.4, -0.2) is 49.9 Å². The number of aliphatic carboxylic acids is 1. The van der Waals surface area contributed by atoms with Crippen molar-refractivity contribution in [1.82, 2.24) is 25.3 Å². The van der Waals surface area contributed by atoms with Crippen molar-refractivity contribution in [3.05, 3.63) is 23.5 Å². The maximum Gasteiger partial charge on any atom is 0.407 e. The van der Waals surface area contributed by atoms with Crippen LogP contribution in [0.5, 0.6) is 5.75 Å². The first kappa shape index (κ1) is 23.5. The Balaban J connectivity index is 1.67. The molecule has 2 N–H and O–H groups in total. The average Bonchev–Trinajstić information content (AvgIpc) is 3.14. The van der Waals surface area contributed by atoms with Crippen LogP contribution in [0.15, 0.2) is 12.1 Å². The standard InChI is InChI=1S/C22H31N5O5/c1-4-5-11-31-22(30)23-13-18-20(25-26-27(18)3)17-9-10-19(14(2)24-17)32-16-8-6-7-15(12-16)21(28)29/h9-10,15-16H,4-8,11-13H2,1-3H3,(H,23,30)(H,28,29)/t15-,16?/m0/s1. The number of hydrogen-bond acceptors (Lipinski definition) is 7. The second kappa shape index (κ2) is 10.9. The number of carboxylic acids is 1. The largest absolute Gasteiger partial charge is 0.489 e. The van der Waals surface area contributed by atoms with Crippen LogP contribution < -0.4 is 10.1 Å². The number of alkyl carbamates (subject to hydrolysis) is 1.